The lowest BCUT2D eigenvalue weighted by Gasteiger charge is -2.11. The first-order valence-corrected chi connectivity index (χ1v) is 7.67. The molecule has 0 bridgehead atoms. The molecule has 5 heteroatoms. The van der Waals surface area contributed by atoms with Crippen molar-refractivity contribution in [2.45, 2.75) is 27.2 Å². The van der Waals surface area contributed by atoms with Gasteiger partial charge < -0.3 is 5.11 Å². The predicted octanol–water partition coefficient (Wildman–Crippen LogP) is 4.26. The molecule has 3 aromatic rings. The second kappa shape index (κ2) is 5.61. The number of aryl methyl sites for hydroxylation is 1. The molecule has 0 aliphatic rings. The van der Waals surface area contributed by atoms with E-state index in [4.69, 9.17) is 11.6 Å². The zero-order valence-corrected chi connectivity index (χ0v) is 13.6. The van der Waals surface area contributed by atoms with Crippen LogP contribution in [0.2, 0.25) is 5.02 Å². The first kappa shape index (κ1) is 14.9. The number of nitrogens with zero attached hydrogens (tertiary/aromatic N) is 3. The summed E-state index contributed by atoms with van der Waals surface area (Å²) in [5.41, 5.74) is 4.06. The summed E-state index contributed by atoms with van der Waals surface area (Å²) < 4.78 is 1.51. The molecule has 114 valence electrons. The lowest BCUT2D eigenvalue weighted by atomic mass is 10.0. The van der Waals surface area contributed by atoms with E-state index in [9.17, 15) is 5.11 Å². The summed E-state index contributed by atoms with van der Waals surface area (Å²) in [6.07, 6.45) is 0.775. The summed E-state index contributed by atoms with van der Waals surface area (Å²) in [6, 6.07) is 9.33. The lowest BCUT2D eigenvalue weighted by molar-refractivity contribution is 0.422. The fourth-order valence-electron chi connectivity index (χ4n) is 2.54. The van der Waals surface area contributed by atoms with Gasteiger partial charge >= 0.3 is 0 Å². The Morgan fingerprint density at radius 3 is 2.55 bits per heavy atom. The van der Waals surface area contributed by atoms with Crippen LogP contribution in [-0.4, -0.2) is 19.7 Å². The number of fused-ring (bicyclic) bond motifs is 1. The van der Waals surface area contributed by atoms with Gasteiger partial charge in [0, 0.05) is 27.9 Å². The number of halogens is 1. The van der Waals surface area contributed by atoms with Gasteiger partial charge in [0.2, 0.25) is 5.88 Å². The fourth-order valence-corrected chi connectivity index (χ4v) is 2.67. The number of aromatic hydroxyl groups is 1. The van der Waals surface area contributed by atoms with E-state index in [1.54, 1.807) is 0 Å². The van der Waals surface area contributed by atoms with Crippen molar-refractivity contribution in [2.75, 3.05) is 0 Å². The van der Waals surface area contributed by atoms with E-state index in [1.807, 2.05) is 37.3 Å². The fraction of sp³-hybridized carbons (Fsp3) is 0.294. The molecule has 1 N–H and O–H groups in total. The summed E-state index contributed by atoms with van der Waals surface area (Å²) in [5, 5.41) is 15.7. The minimum Gasteiger partial charge on any atom is -0.493 e. The molecule has 1 aromatic carbocycles. The molecule has 0 spiro atoms. The van der Waals surface area contributed by atoms with E-state index >= 15 is 0 Å². The van der Waals surface area contributed by atoms with Gasteiger partial charge in [-0.2, -0.15) is 9.61 Å². The Balaban J connectivity index is 2.13. The standard InChI is InChI=1S/C17H18ClN3O/c1-10(2)8-14-11(3)19-16-9-15(20-21(16)17(14)22)12-4-6-13(18)7-5-12/h4-7,9-10,22H,8H2,1-3H3. The third-order valence-electron chi connectivity index (χ3n) is 3.63. The van der Waals surface area contributed by atoms with Crippen molar-refractivity contribution in [2.24, 2.45) is 5.92 Å². The molecular formula is C17H18ClN3O. The maximum atomic E-state index is 10.5. The van der Waals surface area contributed by atoms with Crippen molar-refractivity contribution in [1.29, 1.82) is 0 Å². The molecule has 0 aliphatic carbocycles. The predicted molar refractivity (Wildman–Crippen MR) is 88.4 cm³/mol. The van der Waals surface area contributed by atoms with Crippen molar-refractivity contribution >= 4 is 17.2 Å². The van der Waals surface area contributed by atoms with Crippen LogP contribution < -0.4 is 0 Å². The van der Waals surface area contributed by atoms with Crippen LogP contribution in [0.1, 0.15) is 25.1 Å². The monoisotopic (exact) mass is 315 g/mol. The van der Waals surface area contributed by atoms with Gasteiger partial charge in [-0.25, -0.2) is 4.98 Å². The highest BCUT2D eigenvalue weighted by molar-refractivity contribution is 6.30. The molecule has 3 rings (SSSR count). The Morgan fingerprint density at radius 2 is 1.91 bits per heavy atom. The Morgan fingerprint density at radius 1 is 1.23 bits per heavy atom. The van der Waals surface area contributed by atoms with Crippen molar-refractivity contribution < 1.29 is 5.11 Å². The highest BCUT2D eigenvalue weighted by Crippen LogP contribution is 2.27. The van der Waals surface area contributed by atoms with Gasteiger partial charge in [-0.1, -0.05) is 37.6 Å². The van der Waals surface area contributed by atoms with Crippen LogP contribution in [0, 0.1) is 12.8 Å². The summed E-state index contributed by atoms with van der Waals surface area (Å²) >= 11 is 5.92. The normalized spacial score (nSPS) is 11.5. The van der Waals surface area contributed by atoms with Gasteiger partial charge in [-0.3, -0.25) is 0 Å². The Kier molecular flexibility index (Phi) is 3.79. The van der Waals surface area contributed by atoms with E-state index in [-0.39, 0.29) is 5.88 Å². The highest BCUT2D eigenvalue weighted by atomic mass is 35.5. The molecule has 0 saturated carbocycles. The van der Waals surface area contributed by atoms with E-state index in [0.29, 0.717) is 16.6 Å². The Bertz CT molecular complexity index is 822. The summed E-state index contributed by atoms with van der Waals surface area (Å²) in [7, 11) is 0. The molecule has 0 atom stereocenters. The van der Waals surface area contributed by atoms with Gasteiger partial charge in [0.1, 0.15) is 0 Å². The van der Waals surface area contributed by atoms with Crippen LogP contribution >= 0.6 is 11.6 Å². The molecule has 0 saturated heterocycles. The number of hydrogen-bond donors (Lipinski definition) is 1. The molecule has 2 aromatic heterocycles. The highest BCUT2D eigenvalue weighted by Gasteiger charge is 2.16. The van der Waals surface area contributed by atoms with E-state index in [0.717, 1.165) is 28.9 Å². The average molecular weight is 316 g/mol. The first-order valence-electron chi connectivity index (χ1n) is 7.30. The van der Waals surface area contributed by atoms with Crippen LogP contribution in [0.5, 0.6) is 5.88 Å². The molecule has 0 amide bonds. The molecule has 0 radical (unpaired) electrons. The lowest BCUT2D eigenvalue weighted by Crippen LogP contribution is -2.04. The van der Waals surface area contributed by atoms with Crippen molar-refractivity contribution in [3.05, 3.63) is 46.6 Å². The third-order valence-corrected chi connectivity index (χ3v) is 3.88. The van der Waals surface area contributed by atoms with Crippen molar-refractivity contribution in [1.82, 2.24) is 14.6 Å². The summed E-state index contributed by atoms with van der Waals surface area (Å²) in [4.78, 5) is 4.57. The second-order valence-corrected chi connectivity index (χ2v) is 6.34. The van der Waals surface area contributed by atoms with Gasteiger partial charge in [-0.05, 0) is 31.4 Å². The molecule has 0 unspecified atom stereocenters. The Labute approximate surface area is 134 Å². The van der Waals surface area contributed by atoms with Gasteiger partial charge in [0.05, 0.1) is 5.69 Å². The van der Waals surface area contributed by atoms with Crippen LogP contribution in [0.4, 0.5) is 0 Å². The zero-order valence-electron chi connectivity index (χ0n) is 12.8. The van der Waals surface area contributed by atoms with E-state index in [1.165, 1.54) is 4.52 Å². The second-order valence-electron chi connectivity index (χ2n) is 5.90. The molecule has 0 fully saturated rings. The number of aromatic nitrogens is 3. The first-order chi connectivity index (χ1) is 10.5. The van der Waals surface area contributed by atoms with Crippen LogP contribution in [-0.2, 0) is 6.42 Å². The van der Waals surface area contributed by atoms with Crippen LogP contribution in [0.3, 0.4) is 0 Å². The SMILES string of the molecule is Cc1nc2cc(-c3ccc(Cl)cc3)nn2c(O)c1CC(C)C. The topological polar surface area (TPSA) is 50.4 Å². The van der Waals surface area contributed by atoms with E-state index in [2.05, 4.69) is 23.9 Å². The smallest absolute Gasteiger partial charge is 0.219 e. The third kappa shape index (κ3) is 2.66. The van der Waals surface area contributed by atoms with Crippen molar-refractivity contribution in [3.8, 4) is 17.1 Å². The molecule has 4 nitrogen and oxygen atoms in total. The minimum atomic E-state index is 0.177. The maximum absolute atomic E-state index is 10.5. The van der Waals surface area contributed by atoms with Gasteiger partial charge in [0.15, 0.2) is 5.65 Å². The molecule has 22 heavy (non-hydrogen) atoms. The molecule has 2 heterocycles. The number of rotatable bonds is 3. The molecule has 0 aliphatic heterocycles. The largest absolute Gasteiger partial charge is 0.493 e. The zero-order chi connectivity index (χ0) is 15.9. The summed E-state index contributed by atoms with van der Waals surface area (Å²) in [5.74, 6) is 0.617. The van der Waals surface area contributed by atoms with Gasteiger partial charge in [0.25, 0.3) is 0 Å². The Hall–Kier alpha value is -2.07. The van der Waals surface area contributed by atoms with Gasteiger partial charge in [-0.15, -0.1) is 0 Å². The maximum Gasteiger partial charge on any atom is 0.219 e. The van der Waals surface area contributed by atoms with Crippen molar-refractivity contribution in [3.63, 3.8) is 0 Å². The number of hydrogen-bond acceptors (Lipinski definition) is 3. The van der Waals surface area contributed by atoms with Crippen LogP contribution in [0.15, 0.2) is 30.3 Å². The minimum absolute atomic E-state index is 0.177. The quantitative estimate of drug-likeness (QED) is 0.785. The number of benzene rings is 1. The summed E-state index contributed by atoms with van der Waals surface area (Å²) in [6.45, 7) is 6.16. The van der Waals surface area contributed by atoms with Crippen LogP contribution in [0.25, 0.3) is 16.9 Å². The van der Waals surface area contributed by atoms with E-state index < -0.39 is 0 Å². The molecular weight excluding hydrogens is 298 g/mol. The average Bonchev–Trinajstić information content (AvgIpc) is 2.88.